The van der Waals surface area contributed by atoms with E-state index >= 15 is 0 Å². The Morgan fingerprint density at radius 1 is 1.00 bits per heavy atom. The van der Waals surface area contributed by atoms with Crippen LogP contribution in [0.4, 0.5) is 0 Å². The number of likely N-dealkylation sites (tertiary alicyclic amines) is 1. The highest BCUT2D eigenvalue weighted by atomic mass is 16.7. The molecule has 0 amide bonds. The molecule has 0 spiro atoms. The minimum absolute atomic E-state index is 0.282. The molecule has 1 aromatic rings. The molecule has 156 valence electrons. The molecule has 0 saturated carbocycles. The summed E-state index contributed by atoms with van der Waals surface area (Å²) >= 11 is 0. The highest BCUT2D eigenvalue weighted by Gasteiger charge is 2.51. The van der Waals surface area contributed by atoms with Crippen LogP contribution < -0.4 is 5.46 Å². The Hall–Kier alpha value is -0.875. The molecule has 2 aliphatic rings. The van der Waals surface area contributed by atoms with Crippen molar-refractivity contribution in [3.8, 4) is 0 Å². The molecule has 2 saturated heterocycles. The van der Waals surface area contributed by atoms with Gasteiger partial charge in [-0.05, 0) is 77.6 Å². The van der Waals surface area contributed by atoms with Gasteiger partial charge in [0, 0.05) is 19.1 Å². The molecule has 3 rings (SSSR count). The summed E-state index contributed by atoms with van der Waals surface area (Å²) in [6.45, 7) is 17.8. The van der Waals surface area contributed by atoms with Crippen molar-refractivity contribution in [2.45, 2.75) is 78.2 Å². The molecule has 2 fully saturated rings. The maximum absolute atomic E-state index is 6.18. The van der Waals surface area contributed by atoms with E-state index in [4.69, 9.17) is 9.31 Å². The second-order valence-electron chi connectivity index (χ2n) is 10.1. The molecular weight excluding hydrogens is 347 g/mol. The van der Waals surface area contributed by atoms with Crippen LogP contribution in [0.2, 0.25) is 0 Å². The zero-order chi connectivity index (χ0) is 20.5. The van der Waals surface area contributed by atoms with Crippen LogP contribution in [0.5, 0.6) is 0 Å². The van der Waals surface area contributed by atoms with Gasteiger partial charge in [-0.2, -0.15) is 0 Å². The Bertz CT molecular complexity index is 623. The van der Waals surface area contributed by atoms with Crippen molar-refractivity contribution in [1.29, 1.82) is 0 Å². The number of nitrogens with zero attached hydrogens (tertiary/aromatic N) is 2. The maximum Gasteiger partial charge on any atom is 0.494 e. The summed E-state index contributed by atoms with van der Waals surface area (Å²) < 4.78 is 12.4. The molecule has 0 unspecified atom stereocenters. The third-order valence-corrected chi connectivity index (χ3v) is 6.92. The Labute approximate surface area is 172 Å². The minimum atomic E-state index is -0.295. The average Bonchev–Trinajstić information content (AvgIpc) is 3.19. The fraction of sp³-hybridized carbons (Fsp3) is 0.739. The van der Waals surface area contributed by atoms with Crippen LogP contribution >= 0.6 is 0 Å². The normalized spacial score (nSPS) is 23.1. The Balaban J connectivity index is 1.61. The molecule has 2 aliphatic heterocycles. The molecule has 28 heavy (non-hydrogen) atoms. The Kier molecular flexibility index (Phi) is 6.60. The van der Waals surface area contributed by atoms with Crippen molar-refractivity contribution in [3.05, 3.63) is 29.8 Å². The van der Waals surface area contributed by atoms with Gasteiger partial charge in [-0.1, -0.05) is 38.1 Å². The topological polar surface area (TPSA) is 24.9 Å². The van der Waals surface area contributed by atoms with Gasteiger partial charge in [0.25, 0.3) is 0 Å². The van der Waals surface area contributed by atoms with E-state index in [-0.39, 0.29) is 18.3 Å². The lowest BCUT2D eigenvalue weighted by Gasteiger charge is -2.34. The molecule has 0 N–H and O–H groups in total. The Morgan fingerprint density at radius 3 is 2.04 bits per heavy atom. The highest BCUT2D eigenvalue weighted by molar-refractivity contribution is 6.62. The van der Waals surface area contributed by atoms with Gasteiger partial charge < -0.3 is 14.2 Å². The summed E-state index contributed by atoms with van der Waals surface area (Å²) in [4.78, 5) is 5.15. The monoisotopic (exact) mass is 386 g/mol. The lowest BCUT2D eigenvalue weighted by molar-refractivity contribution is 0.00578. The van der Waals surface area contributed by atoms with E-state index in [9.17, 15) is 0 Å². The SMILES string of the molecule is CC(C)[C@@H](CN1CCCC1)N(C)Cc1ccc(B2OC(C)(C)C(C)(C)O2)cc1. The summed E-state index contributed by atoms with van der Waals surface area (Å²) in [5, 5.41) is 0. The first kappa shape index (κ1) is 21.8. The number of likely N-dealkylation sites (N-methyl/N-ethyl adjacent to an activating group) is 1. The largest absolute Gasteiger partial charge is 0.494 e. The summed E-state index contributed by atoms with van der Waals surface area (Å²) in [6, 6.07) is 9.36. The second kappa shape index (κ2) is 8.47. The standard InChI is InChI=1S/C23H39BN2O2/c1-18(2)21(17-26-14-8-9-15-26)25(7)16-19-10-12-20(13-11-19)24-27-22(3,4)23(5,6)28-24/h10-13,18,21H,8-9,14-17H2,1-7H3/t21-/m1/s1. The van der Waals surface area contributed by atoms with Crippen molar-refractivity contribution in [2.75, 3.05) is 26.7 Å². The molecule has 2 heterocycles. The Morgan fingerprint density at radius 2 is 1.54 bits per heavy atom. The molecule has 0 aromatic heterocycles. The summed E-state index contributed by atoms with van der Waals surface area (Å²) in [6.07, 6.45) is 2.71. The van der Waals surface area contributed by atoms with E-state index in [1.165, 1.54) is 38.0 Å². The van der Waals surface area contributed by atoms with Gasteiger partial charge in [-0.25, -0.2) is 0 Å². The van der Waals surface area contributed by atoms with Gasteiger partial charge in [0.05, 0.1) is 11.2 Å². The summed E-state index contributed by atoms with van der Waals surface area (Å²) in [5.74, 6) is 0.648. The van der Waals surface area contributed by atoms with Crippen LogP contribution in [-0.4, -0.2) is 60.8 Å². The fourth-order valence-corrected chi connectivity index (χ4v) is 4.25. The van der Waals surface area contributed by atoms with Gasteiger partial charge in [0.1, 0.15) is 0 Å². The predicted molar refractivity (Wildman–Crippen MR) is 118 cm³/mol. The molecule has 1 atom stereocenters. The van der Waals surface area contributed by atoms with Crippen LogP contribution in [0.15, 0.2) is 24.3 Å². The smallest absolute Gasteiger partial charge is 0.399 e. The van der Waals surface area contributed by atoms with Crippen LogP contribution in [0.1, 0.15) is 59.9 Å². The van der Waals surface area contributed by atoms with Crippen molar-refractivity contribution in [3.63, 3.8) is 0 Å². The second-order valence-corrected chi connectivity index (χ2v) is 10.1. The van der Waals surface area contributed by atoms with Crippen molar-refractivity contribution < 1.29 is 9.31 Å². The quantitative estimate of drug-likeness (QED) is 0.670. The van der Waals surface area contributed by atoms with Gasteiger partial charge in [0.2, 0.25) is 0 Å². The van der Waals surface area contributed by atoms with E-state index < -0.39 is 0 Å². The van der Waals surface area contributed by atoms with Crippen LogP contribution in [0.3, 0.4) is 0 Å². The summed E-state index contributed by atoms with van der Waals surface area (Å²) in [7, 11) is 1.98. The average molecular weight is 386 g/mol. The predicted octanol–water partition coefficient (Wildman–Crippen LogP) is 3.54. The van der Waals surface area contributed by atoms with E-state index in [2.05, 4.69) is 82.7 Å². The fourth-order valence-electron chi connectivity index (χ4n) is 4.25. The van der Waals surface area contributed by atoms with Gasteiger partial charge in [0.15, 0.2) is 0 Å². The molecule has 1 aromatic carbocycles. The third-order valence-electron chi connectivity index (χ3n) is 6.92. The van der Waals surface area contributed by atoms with E-state index in [1.807, 2.05) is 0 Å². The maximum atomic E-state index is 6.18. The van der Waals surface area contributed by atoms with E-state index in [0.29, 0.717) is 12.0 Å². The molecule has 0 radical (unpaired) electrons. The number of benzene rings is 1. The van der Waals surface area contributed by atoms with Crippen molar-refractivity contribution in [1.82, 2.24) is 9.80 Å². The first-order valence-electron chi connectivity index (χ1n) is 11.0. The molecule has 4 nitrogen and oxygen atoms in total. The third kappa shape index (κ3) is 4.81. The van der Waals surface area contributed by atoms with Crippen molar-refractivity contribution >= 4 is 12.6 Å². The first-order valence-corrected chi connectivity index (χ1v) is 11.0. The van der Waals surface area contributed by atoms with Crippen LogP contribution in [-0.2, 0) is 15.9 Å². The number of hydrogen-bond donors (Lipinski definition) is 0. The van der Waals surface area contributed by atoms with Crippen LogP contribution in [0.25, 0.3) is 0 Å². The van der Waals surface area contributed by atoms with Gasteiger partial charge in [-0.3, -0.25) is 4.90 Å². The molecule has 0 aliphatic carbocycles. The van der Waals surface area contributed by atoms with E-state index in [0.717, 1.165) is 12.0 Å². The number of rotatable bonds is 7. The first-order chi connectivity index (χ1) is 13.1. The molecule has 0 bridgehead atoms. The van der Waals surface area contributed by atoms with E-state index in [1.54, 1.807) is 0 Å². The summed E-state index contributed by atoms with van der Waals surface area (Å²) in [5.41, 5.74) is 1.85. The molecule has 5 heteroatoms. The molecular formula is C23H39BN2O2. The van der Waals surface area contributed by atoms with Crippen LogP contribution in [0, 0.1) is 5.92 Å². The lowest BCUT2D eigenvalue weighted by atomic mass is 9.79. The zero-order valence-electron chi connectivity index (χ0n) is 19.0. The van der Waals surface area contributed by atoms with Gasteiger partial charge in [-0.15, -0.1) is 0 Å². The lowest BCUT2D eigenvalue weighted by Crippen LogP contribution is -2.44. The van der Waals surface area contributed by atoms with Gasteiger partial charge >= 0.3 is 7.12 Å². The highest BCUT2D eigenvalue weighted by Crippen LogP contribution is 2.36. The van der Waals surface area contributed by atoms with Crippen molar-refractivity contribution in [2.24, 2.45) is 5.92 Å². The minimum Gasteiger partial charge on any atom is -0.399 e. The zero-order valence-corrected chi connectivity index (χ0v) is 19.0. The number of hydrogen-bond acceptors (Lipinski definition) is 4.